The van der Waals surface area contributed by atoms with E-state index in [1.807, 2.05) is 30.3 Å². The zero-order chi connectivity index (χ0) is 43.9. The molecule has 13 rings (SSSR count). The van der Waals surface area contributed by atoms with Crippen LogP contribution in [-0.2, 0) is 0 Å². The largest absolute Gasteiger partial charge is 0.453 e. The Bertz CT molecular complexity index is 3780. The van der Waals surface area contributed by atoms with E-state index in [1.165, 1.54) is 27.5 Å². The number of anilines is 3. The van der Waals surface area contributed by atoms with Crippen molar-refractivity contribution in [1.29, 1.82) is 0 Å². The molecule has 0 aliphatic carbocycles. The summed E-state index contributed by atoms with van der Waals surface area (Å²) >= 11 is 0. The van der Waals surface area contributed by atoms with Gasteiger partial charge in [-0.3, -0.25) is 4.90 Å². The van der Waals surface area contributed by atoms with Gasteiger partial charge in [-0.15, -0.1) is 0 Å². The highest BCUT2D eigenvalue weighted by atomic mass is 16.5. The van der Waals surface area contributed by atoms with Gasteiger partial charge in [0.2, 0.25) is 0 Å². The number of fused-ring (bicyclic) bond motifs is 10. The highest BCUT2D eigenvalue weighted by Crippen LogP contribution is 2.60. The first-order valence-electron chi connectivity index (χ1n) is 22.4. The Labute approximate surface area is 382 Å². The summed E-state index contributed by atoms with van der Waals surface area (Å²) in [6.07, 6.45) is 6.23. The highest BCUT2D eigenvalue weighted by Gasteiger charge is 2.35. The first-order chi connectivity index (χ1) is 32.6. The van der Waals surface area contributed by atoms with Crippen LogP contribution in [0.2, 0.25) is 0 Å². The van der Waals surface area contributed by atoms with Gasteiger partial charge in [-0.25, -0.2) is 0 Å². The molecule has 0 unspecified atom stereocenters. The monoisotopic (exact) mass is 847 g/mol. The number of para-hydroxylation sites is 5. The summed E-state index contributed by atoms with van der Waals surface area (Å²) in [6.45, 7) is 6.28. The zero-order valence-electron chi connectivity index (χ0n) is 36.1. The molecule has 0 spiro atoms. The molecule has 0 amide bonds. The molecule has 2 aliphatic rings. The van der Waals surface area contributed by atoms with Crippen LogP contribution in [-0.4, -0.2) is 9.13 Å². The maximum Gasteiger partial charge on any atom is 0.157 e. The molecule has 0 atom stereocenters. The van der Waals surface area contributed by atoms with E-state index in [0.29, 0.717) is 0 Å². The summed E-state index contributed by atoms with van der Waals surface area (Å²) in [4.78, 5) is 2.27. The van der Waals surface area contributed by atoms with Crippen molar-refractivity contribution in [1.82, 2.24) is 9.13 Å². The minimum Gasteiger partial charge on any atom is -0.453 e. The topological polar surface area (TPSA) is 31.6 Å². The number of ether oxygens (including phenoxy) is 2. The molecule has 0 saturated carbocycles. The standard InChI is InChI=1S/C61H41N3O2/c1-3-16-45(33-39(2)40-17-6-4-7-18-40)62-51-22-11-10-21-47(51)48-35-43(28-31-52(48)62)44-29-32-54-50(36-44)49-34-42(41-19-8-5-9-20-41)27-30-53(49)63(54)46-37-59-61-60(38-46)66-58-26-15-13-24-56(58)64(61)55-23-12-14-25-57(55)65-59/h3-38H,1H2,2H3/b39-33+,45-16+. The number of benzene rings is 9. The minimum absolute atomic E-state index is 0.743. The number of hydrogen-bond acceptors (Lipinski definition) is 3. The maximum atomic E-state index is 6.74. The van der Waals surface area contributed by atoms with E-state index in [2.05, 4.69) is 216 Å². The van der Waals surface area contributed by atoms with E-state index in [-0.39, 0.29) is 0 Å². The Kier molecular flexibility index (Phi) is 8.52. The molecule has 5 nitrogen and oxygen atoms in total. The van der Waals surface area contributed by atoms with Gasteiger partial charge in [-0.05, 0) is 119 Å². The fourth-order valence-corrected chi connectivity index (χ4v) is 10.2. The lowest BCUT2D eigenvalue weighted by molar-refractivity contribution is 0.445. The predicted molar refractivity (Wildman–Crippen MR) is 274 cm³/mol. The van der Waals surface area contributed by atoms with Gasteiger partial charge < -0.3 is 18.6 Å². The third-order valence-electron chi connectivity index (χ3n) is 13.2. The highest BCUT2D eigenvalue weighted by molar-refractivity contribution is 6.14. The summed E-state index contributed by atoms with van der Waals surface area (Å²) in [5, 5.41) is 4.71. The Hall–Kier alpha value is -8.80. The van der Waals surface area contributed by atoms with Crippen molar-refractivity contribution < 1.29 is 9.47 Å². The molecule has 66 heavy (non-hydrogen) atoms. The zero-order valence-corrected chi connectivity index (χ0v) is 36.1. The van der Waals surface area contributed by atoms with Crippen molar-refractivity contribution in [3.8, 4) is 50.9 Å². The molecule has 0 radical (unpaired) electrons. The van der Waals surface area contributed by atoms with E-state index in [9.17, 15) is 0 Å². The van der Waals surface area contributed by atoms with Crippen molar-refractivity contribution in [2.75, 3.05) is 4.90 Å². The van der Waals surface area contributed by atoms with Crippen LogP contribution < -0.4 is 14.4 Å². The number of allylic oxidation sites excluding steroid dienone is 5. The summed E-state index contributed by atoms with van der Waals surface area (Å²) in [5.41, 5.74) is 16.4. The van der Waals surface area contributed by atoms with Crippen molar-refractivity contribution >= 4 is 71.9 Å². The first kappa shape index (κ1) is 37.7. The van der Waals surface area contributed by atoms with Crippen molar-refractivity contribution in [2.45, 2.75) is 6.92 Å². The van der Waals surface area contributed by atoms with Crippen LogP contribution in [0.5, 0.6) is 23.0 Å². The normalized spacial score (nSPS) is 13.1. The molecule has 0 bridgehead atoms. The van der Waals surface area contributed by atoms with Gasteiger partial charge in [0, 0.05) is 39.4 Å². The van der Waals surface area contributed by atoms with Gasteiger partial charge in [-0.2, -0.15) is 0 Å². The molecule has 0 N–H and O–H groups in total. The molecule has 0 saturated heterocycles. The van der Waals surface area contributed by atoms with Crippen molar-refractivity contribution in [2.24, 2.45) is 0 Å². The average molecular weight is 848 g/mol. The number of aromatic nitrogens is 2. The predicted octanol–water partition coefficient (Wildman–Crippen LogP) is 17.0. The quantitative estimate of drug-likeness (QED) is 0.150. The second kappa shape index (κ2) is 14.9. The molecule has 0 fully saturated rings. The van der Waals surface area contributed by atoms with Crippen LogP contribution in [0, 0.1) is 0 Å². The SMILES string of the molecule is C=C/C=C(\C=C(/C)c1ccccc1)n1c2ccccc2c2cc(-c3ccc4c(c3)c3cc(-c5ccccc5)ccc3n4-c3cc4c5c(c3)Oc3ccccc3N5c3ccccc3O4)ccc21. The molecule has 9 aromatic carbocycles. The van der Waals surface area contributed by atoms with Crippen molar-refractivity contribution in [3.05, 3.63) is 231 Å². The fraction of sp³-hybridized carbons (Fsp3) is 0.0164. The van der Waals surface area contributed by atoms with Crippen LogP contribution in [0.15, 0.2) is 225 Å². The van der Waals surface area contributed by atoms with Gasteiger partial charge in [0.25, 0.3) is 0 Å². The summed E-state index contributed by atoms with van der Waals surface area (Å²) < 4.78 is 18.2. The average Bonchev–Trinajstić information content (AvgIpc) is 3.88. The van der Waals surface area contributed by atoms with Gasteiger partial charge in [0.05, 0.1) is 39.1 Å². The van der Waals surface area contributed by atoms with Crippen LogP contribution in [0.25, 0.3) is 82.8 Å². The number of nitrogens with zero attached hydrogens (tertiary/aromatic N) is 3. The lowest BCUT2D eigenvalue weighted by atomic mass is 9.99. The Morgan fingerprint density at radius 2 is 0.955 bits per heavy atom. The van der Waals surface area contributed by atoms with Gasteiger partial charge in [0.1, 0.15) is 5.69 Å². The van der Waals surface area contributed by atoms with Gasteiger partial charge in [0.15, 0.2) is 23.0 Å². The van der Waals surface area contributed by atoms with Gasteiger partial charge >= 0.3 is 0 Å². The third-order valence-corrected chi connectivity index (χ3v) is 13.2. The number of hydrogen-bond donors (Lipinski definition) is 0. The van der Waals surface area contributed by atoms with E-state index >= 15 is 0 Å². The van der Waals surface area contributed by atoms with E-state index in [0.717, 1.165) is 101 Å². The molecule has 11 aromatic rings. The summed E-state index contributed by atoms with van der Waals surface area (Å²) in [7, 11) is 0. The molecule has 312 valence electrons. The van der Waals surface area contributed by atoms with E-state index < -0.39 is 0 Å². The Morgan fingerprint density at radius 3 is 1.58 bits per heavy atom. The second-order valence-corrected chi connectivity index (χ2v) is 17.0. The molecule has 4 heterocycles. The van der Waals surface area contributed by atoms with E-state index in [1.54, 1.807) is 0 Å². The molecular formula is C61H41N3O2. The van der Waals surface area contributed by atoms with E-state index in [4.69, 9.17) is 9.47 Å². The maximum absolute atomic E-state index is 6.74. The lowest BCUT2D eigenvalue weighted by Gasteiger charge is -2.38. The number of rotatable bonds is 7. The Morgan fingerprint density at radius 1 is 0.455 bits per heavy atom. The molecule has 5 heteroatoms. The fourth-order valence-electron chi connectivity index (χ4n) is 10.2. The summed E-state index contributed by atoms with van der Waals surface area (Å²) in [5.74, 6) is 3.09. The van der Waals surface area contributed by atoms with Crippen LogP contribution in [0.4, 0.5) is 17.1 Å². The van der Waals surface area contributed by atoms with Crippen molar-refractivity contribution in [3.63, 3.8) is 0 Å². The van der Waals surface area contributed by atoms with Crippen LogP contribution in [0.1, 0.15) is 12.5 Å². The van der Waals surface area contributed by atoms with Gasteiger partial charge in [-0.1, -0.05) is 134 Å². The first-order valence-corrected chi connectivity index (χ1v) is 22.4. The molecule has 2 aliphatic heterocycles. The molecule has 2 aromatic heterocycles. The second-order valence-electron chi connectivity index (χ2n) is 17.0. The lowest BCUT2D eigenvalue weighted by Crippen LogP contribution is -2.20. The molecular weight excluding hydrogens is 807 g/mol. The van der Waals surface area contributed by atoms with Crippen LogP contribution >= 0.6 is 0 Å². The summed E-state index contributed by atoms with van der Waals surface area (Å²) in [6, 6.07) is 71.2. The third kappa shape index (κ3) is 5.87. The minimum atomic E-state index is 0.743. The smallest absolute Gasteiger partial charge is 0.157 e. The van der Waals surface area contributed by atoms with Crippen LogP contribution in [0.3, 0.4) is 0 Å². The Balaban J connectivity index is 0.994.